The molecule has 3 N–H and O–H groups in total. The standard InChI is InChI=1S/C23H18F2N6O/c1-13-6-15(8-17(25)7-13)20-14(9-18-3-2-16(24)11-31(18)23(20)32)4-5-28-22-19(10-26)21(27)29-12-30-22/h2-3,6-9,11-12H,4-5H2,1H3,(H3,27,28,29,30). The minimum Gasteiger partial charge on any atom is -0.382 e. The molecular weight excluding hydrogens is 414 g/mol. The van der Waals surface area contributed by atoms with Gasteiger partial charge in [-0.15, -0.1) is 0 Å². The van der Waals surface area contributed by atoms with Gasteiger partial charge in [0.05, 0.1) is 5.56 Å². The number of anilines is 2. The molecule has 4 aromatic rings. The number of halogens is 2. The van der Waals surface area contributed by atoms with Crippen LogP contribution in [0, 0.1) is 29.9 Å². The van der Waals surface area contributed by atoms with Crippen LogP contribution < -0.4 is 16.6 Å². The Hall–Kier alpha value is -4.32. The molecule has 0 aliphatic carbocycles. The molecule has 0 saturated heterocycles. The Morgan fingerprint density at radius 2 is 1.97 bits per heavy atom. The molecule has 4 rings (SSSR count). The predicted octanol–water partition coefficient (Wildman–Crippen LogP) is 3.45. The van der Waals surface area contributed by atoms with Gasteiger partial charge in [0.15, 0.2) is 0 Å². The van der Waals surface area contributed by atoms with Crippen molar-refractivity contribution in [2.75, 3.05) is 17.6 Å². The minimum absolute atomic E-state index is 0.0619. The maximum Gasteiger partial charge on any atom is 0.263 e. The van der Waals surface area contributed by atoms with Crippen LogP contribution in [0.4, 0.5) is 20.4 Å². The molecule has 1 aromatic carbocycles. The summed E-state index contributed by atoms with van der Waals surface area (Å²) in [6.45, 7) is 2.04. The summed E-state index contributed by atoms with van der Waals surface area (Å²) < 4.78 is 29.1. The highest BCUT2D eigenvalue weighted by Gasteiger charge is 2.16. The van der Waals surface area contributed by atoms with Gasteiger partial charge in [-0.3, -0.25) is 9.20 Å². The molecule has 9 heteroatoms. The summed E-state index contributed by atoms with van der Waals surface area (Å²) in [6, 6.07) is 10.9. The van der Waals surface area contributed by atoms with E-state index >= 15 is 0 Å². The van der Waals surface area contributed by atoms with Gasteiger partial charge in [-0.1, -0.05) is 6.07 Å². The molecule has 3 aromatic heterocycles. The van der Waals surface area contributed by atoms with Crippen molar-refractivity contribution in [3.63, 3.8) is 0 Å². The van der Waals surface area contributed by atoms with Crippen molar-refractivity contribution in [3.05, 3.63) is 87.6 Å². The van der Waals surface area contributed by atoms with Crippen LogP contribution >= 0.6 is 0 Å². The van der Waals surface area contributed by atoms with Crippen LogP contribution in [0.2, 0.25) is 0 Å². The molecule has 0 bridgehead atoms. The second-order valence-electron chi connectivity index (χ2n) is 7.28. The van der Waals surface area contributed by atoms with Gasteiger partial charge in [-0.05, 0) is 60.4 Å². The minimum atomic E-state index is -0.555. The Kier molecular flexibility index (Phi) is 5.52. The molecule has 160 valence electrons. The monoisotopic (exact) mass is 432 g/mol. The van der Waals surface area contributed by atoms with Crippen molar-refractivity contribution in [2.24, 2.45) is 0 Å². The van der Waals surface area contributed by atoms with E-state index < -0.39 is 17.2 Å². The average Bonchev–Trinajstić information content (AvgIpc) is 2.74. The van der Waals surface area contributed by atoms with Gasteiger partial charge in [0, 0.05) is 18.3 Å². The van der Waals surface area contributed by atoms with E-state index in [0.29, 0.717) is 35.2 Å². The van der Waals surface area contributed by atoms with Gasteiger partial charge in [-0.25, -0.2) is 18.7 Å². The molecule has 0 aliphatic rings. The van der Waals surface area contributed by atoms with Gasteiger partial charge in [0.25, 0.3) is 5.56 Å². The fourth-order valence-electron chi connectivity index (χ4n) is 3.63. The fourth-order valence-corrected chi connectivity index (χ4v) is 3.63. The first-order valence-corrected chi connectivity index (χ1v) is 9.73. The molecule has 3 heterocycles. The second kappa shape index (κ2) is 8.43. The maximum atomic E-state index is 14.1. The third kappa shape index (κ3) is 3.98. The SMILES string of the molecule is Cc1cc(F)cc(-c2c(CCNc3ncnc(N)c3C#N)cc3ccc(F)cn3c2=O)c1. The number of benzene rings is 1. The van der Waals surface area contributed by atoms with Crippen LogP contribution in [0.1, 0.15) is 16.7 Å². The summed E-state index contributed by atoms with van der Waals surface area (Å²) in [4.78, 5) is 21.1. The first-order valence-electron chi connectivity index (χ1n) is 9.73. The zero-order chi connectivity index (χ0) is 22.8. The number of rotatable bonds is 5. The number of nitrogens with two attached hydrogens (primary N) is 1. The summed E-state index contributed by atoms with van der Waals surface area (Å²) in [6.07, 6.45) is 2.71. The summed E-state index contributed by atoms with van der Waals surface area (Å²) in [5.74, 6) is -0.682. The second-order valence-corrected chi connectivity index (χ2v) is 7.28. The van der Waals surface area contributed by atoms with Crippen molar-refractivity contribution in [1.29, 1.82) is 5.26 Å². The van der Waals surface area contributed by atoms with Crippen LogP contribution in [0.25, 0.3) is 16.6 Å². The molecule has 0 radical (unpaired) electrons. The zero-order valence-electron chi connectivity index (χ0n) is 17.1. The van der Waals surface area contributed by atoms with E-state index in [1.54, 1.807) is 19.1 Å². The molecule has 0 unspecified atom stereocenters. The summed E-state index contributed by atoms with van der Waals surface area (Å²) in [5.41, 5.74) is 7.87. The predicted molar refractivity (Wildman–Crippen MR) is 117 cm³/mol. The first kappa shape index (κ1) is 20.9. The lowest BCUT2D eigenvalue weighted by Crippen LogP contribution is -2.20. The first-order chi connectivity index (χ1) is 15.4. The molecular formula is C23H18F2N6O. The highest BCUT2D eigenvalue weighted by molar-refractivity contribution is 5.71. The summed E-state index contributed by atoms with van der Waals surface area (Å²) in [5, 5.41) is 12.3. The number of aromatic nitrogens is 3. The molecule has 32 heavy (non-hydrogen) atoms. The van der Waals surface area contributed by atoms with E-state index in [9.17, 15) is 18.8 Å². The van der Waals surface area contributed by atoms with Crippen LogP contribution in [-0.2, 0) is 6.42 Å². The highest BCUT2D eigenvalue weighted by Crippen LogP contribution is 2.25. The largest absolute Gasteiger partial charge is 0.382 e. The number of nitriles is 1. The average molecular weight is 432 g/mol. The third-order valence-electron chi connectivity index (χ3n) is 5.03. The lowest BCUT2D eigenvalue weighted by atomic mass is 9.97. The quantitative estimate of drug-likeness (QED) is 0.500. The van der Waals surface area contributed by atoms with E-state index in [2.05, 4.69) is 15.3 Å². The van der Waals surface area contributed by atoms with Crippen molar-refractivity contribution >= 4 is 17.2 Å². The van der Waals surface area contributed by atoms with Crippen LogP contribution in [0.15, 0.2) is 53.7 Å². The molecule has 0 spiro atoms. The number of nitrogens with zero attached hydrogens (tertiary/aromatic N) is 4. The van der Waals surface area contributed by atoms with Crippen LogP contribution in [0.3, 0.4) is 0 Å². The lowest BCUT2D eigenvalue weighted by molar-refractivity contribution is 0.618. The third-order valence-corrected chi connectivity index (χ3v) is 5.03. The van der Waals surface area contributed by atoms with E-state index in [4.69, 9.17) is 5.73 Å². The maximum absolute atomic E-state index is 14.1. The molecule has 0 aliphatic heterocycles. The topological polar surface area (TPSA) is 109 Å². The van der Waals surface area contributed by atoms with Crippen molar-refractivity contribution in [1.82, 2.24) is 14.4 Å². The van der Waals surface area contributed by atoms with Crippen LogP contribution in [0.5, 0.6) is 0 Å². The van der Waals surface area contributed by atoms with E-state index in [0.717, 1.165) is 6.20 Å². The number of fused-ring (bicyclic) bond motifs is 1. The Balaban J connectivity index is 1.78. The molecule has 0 saturated carbocycles. The smallest absolute Gasteiger partial charge is 0.263 e. The van der Waals surface area contributed by atoms with Crippen molar-refractivity contribution in [2.45, 2.75) is 13.3 Å². The van der Waals surface area contributed by atoms with Gasteiger partial charge < -0.3 is 11.1 Å². The molecule has 7 nitrogen and oxygen atoms in total. The summed E-state index contributed by atoms with van der Waals surface area (Å²) >= 11 is 0. The number of aryl methyl sites for hydroxylation is 1. The van der Waals surface area contributed by atoms with Crippen molar-refractivity contribution in [3.8, 4) is 17.2 Å². The van der Waals surface area contributed by atoms with Gasteiger partial charge in [0.2, 0.25) is 0 Å². The molecule has 0 amide bonds. The fraction of sp³-hybridized carbons (Fsp3) is 0.130. The van der Waals surface area contributed by atoms with Gasteiger partial charge in [0.1, 0.15) is 41.2 Å². The number of nitrogen functional groups attached to an aromatic ring is 1. The Labute approximate surface area is 181 Å². The van der Waals surface area contributed by atoms with E-state index in [-0.39, 0.29) is 22.8 Å². The van der Waals surface area contributed by atoms with E-state index in [1.165, 1.54) is 35.0 Å². The Morgan fingerprint density at radius 3 is 2.72 bits per heavy atom. The molecule has 0 atom stereocenters. The Morgan fingerprint density at radius 1 is 1.16 bits per heavy atom. The highest BCUT2D eigenvalue weighted by atomic mass is 19.1. The molecule has 0 fully saturated rings. The van der Waals surface area contributed by atoms with Crippen LogP contribution in [-0.4, -0.2) is 20.9 Å². The number of pyridine rings is 2. The Bertz CT molecular complexity index is 1420. The van der Waals surface area contributed by atoms with E-state index in [1.807, 2.05) is 6.07 Å². The zero-order valence-corrected chi connectivity index (χ0v) is 17.1. The lowest BCUT2D eigenvalue weighted by Gasteiger charge is -2.14. The number of hydrogen-bond donors (Lipinski definition) is 2. The van der Waals surface area contributed by atoms with Gasteiger partial charge in [-0.2, -0.15) is 5.26 Å². The number of nitrogens with one attached hydrogen (secondary N) is 1. The summed E-state index contributed by atoms with van der Waals surface area (Å²) in [7, 11) is 0. The number of hydrogen-bond acceptors (Lipinski definition) is 6. The van der Waals surface area contributed by atoms with Crippen molar-refractivity contribution < 1.29 is 8.78 Å². The normalized spacial score (nSPS) is 10.8. The van der Waals surface area contributed by atoms with Gasteiger partial charge >= 0.3 is 0 Å².